The highest BCUT2D eigenvalue weighted by Gasteiger charge is 2.33. The molecule has 1 N–H and O–H groups in total. The van der Waals surface area contributed by atoms with Crippen LogP contribution >= 0.6 is 23.2 Å². The monoisotopic (exact) mass is 595 g/mol. The Morgan fingerprint density at radius 3 is 2.28 bits per heavy atom. The van der Waals surface area contributed by atoms with Gasteiger partial charge in [0.15, 0.2) is 0 Å². The first-order valence-electron chi connectivity index (χ1n) is 13.5. The highest BCUT2D eigenvalue weighted by atomic mass is 35.5. The van der Waals surface area contributed by atoms with Crippen LogP contribution in [-0.2, 0) is 26.2 Å². The summed E-state index contributed by atoms with van der Waals surface area (Å²) in [6.45, 7) is 5.44. The number of halogens is 2. The van der Waals surface area contributed by atoms with E-state index in [-0.39, 0.29) is 24.4 Å². The number of nitrogens with one attached hydrogen (secondary N) is 1. The van der Waals surface area contributed by atoms with Crippen molar-refractivity contribution in [3.63, 3.8) is 0 Å². The quantitative estimate of drug-likeness (QED) is 0.338. The number of hydrogen-bond acceptors (Lipinski definition) is 4. The molecule has 7 nitrogen and oxygen atoms in total. The Morgan fingerprint density at radius 1 is 1.03 bits per heavy atom. The second-order valence-electron chi connectivity index (χ2n) is 10.5. The molecule has 10 heteroatoms. The summed E-state index contributed by atoms with van der Waals surface area (Å²) in [7, 11) is -3.82. The zero-order valence-electron chi connectivity index (χ0n) is 23.1. The third-order valence-electron chi connectivity index (χ3n) is 7.18. The molecule has 3 rings (SSSR count). The van der Waals surface area contributed by atoms with E-state index in [1.54, 1.807) is 30.3 Å². The van der Waals surface area contributed by atoms with Gasteiger partial charge in [-0.05, 0) is 54.5 Å². The Balaban J connectivity index is 1.98. The summed E-state index contributed by atoms with van der Waals surface area (Å²) < 4.78 is 27.1. The van der Waals surface area contributed by atoms with Crippen LogP contribution in [0.3, 0.4) is 0 Å². The Morgan fingerprint density at radius 2 is 1.69 bits per heavy atom. The SMILES string of the molecule is CC[C@@H](C(=O)NC1CCCCC1)N(Cc1ccc(Cl)c(Cl)c1)C(=O)CN(c1ccccc1C(C)C)S(C)(=O)=O. The number of para-hydroxylation sites is 1. The Kier molecular flexibility index (Phi) is 11.1. The topological polar surface area (TPSA) is 86.8 Å². The molecule has 1 fully saturated rings. The van der Waals surface area contributed by atoms with Gasteiger partial charge in [0, 0.05) is 12.6 Å². The van der Waals surface area contributed by atoms with Gasteiger partial charge in [0.05, 0.1) is 22.0 Å². The van der Waals surface area contributed by atoms with Crippen molar-refractivity contribution >= 4 is 50.7 Å². The largest absolute Gasteiger partial charge is 0.352 e. The number of carbonyl (C=O) groups excluding carboxylic acids is 2. The van der Waals surface area contributed by atoms with Crippen LogP contribution < -0.4 is 9.62 Å². The number of amides is 2. The summed E-state index contributed by atoms with van der Waals surface area (Å²) in [4.78, 5) is 29.0. The predicted molar refractivity (Wildman–Crippen MR) is 159 cm³/mol. The van der Waals surface area contributed by atoms with Crippen LogP contribution in [0.5, 0.6) is 0 Å². The molecular weight excluding hydrogens is 557 g/mol. The summed E-state index contributed by atoms with van der Waals surface area (Å²) in [5.74, 6) is -0.667. The van der Waals surface area contributed by atoms with E-state index in [1.165, 1.54) is 4.90 Å². The molecular formula is C29H39Cl2N3O4S. The van der Waals surface area contributed by atoms with E-state index in [1.807, 2.05) is 32.9 Å². The van der Waals surface area contributed by atoms with Gasteiger partial charge < -0.3 is 10.2 Å². The fraction of sp³-hybridized carbons (Fsp3) is 0.517. The standard InChI is InChI=1S/C29H39Cl2N3O4S/c1-5-26(29(36)32-22-11-7-6-8-12-22)33(18-21-15-16-24(30)25(31)17-21)28(35)19-34(39(4,37)38)27-14-10-9-13-23(27)20(2)3/h9-10,13-17,20,22,26H,5-8,11-12,18-19H2,1-4H3,(H,32,36)/t26-/m0/s1. The van der Waals surface area contributed by atoms with Crippen LogP contribution in [0.1, 0.15) is 76.3 Å². The third-order valence-corrected chi connectivity index (χ3v) is 9.05. The minimum absolute atomic E-state index is 0.0394. The Bertz CT molecular complexity index is 1260. The van der Waals surface area contributed by atoms with E-state index >= 15 is 0 Å². The molecule has 1 aliphatic carbocycles. The van der Waals surface area contributed by atoms with Crippen LogP contribution in [0.2, 0.25) is 10.0 Å². The van der Waals surface area contributed by atoms with E-state index in [0.29, 0.717) is 27.7 Å². The highest BCUT2D eigenvalue weighted by molar-refractivity contribution is 7.92. The fourth-order valence-electron chi connectivity index (χ4n) is 5.10. The molecule has 0 aromatic heterocycles. The normalized spacial score (nSPS) is 15.2. The molecule has 1 saturated carbocycles. The minimum Gasteiger partial charge on any atom is -0.352 e. The number of rotatable bonds is 11. The summed E-state index contributed by atoms with van der Waals surface area (Å²) in [6, 6.07) is 11.5. The molecule has 0 spiro atoms. The second kappa shape index (κ2) is 13.9. The average molecular weight is 597 g/mol. The van der Waals surface area contributed by atoms with E-state index < -0.39 is 28.5 Å². The van der Waals surface area contributed by atoms with Crippen LogP contribution in [-0.4, -0.2) is 50.0 Å². The predicted octanol–water partition coefficient (Wildman–Crippen LogP) is 6.14. The van der Waals surface area contributed by atoms with Crippen LogP contribution in [0, 0.1) is 0 Å². The molecule has 0 heterocycles. The van der Waals surface area contributed by atoms with Crippen molar-refractivity contribution in [1.82, 2.24) is 10.2 Å². The summed E-state index contributed by atoms with van der Waals surface area (Å²) in [6.07, 6.45) is 6.57. The second-order valence-corrected chi connectivity index (χ2v) is 13.2. The van der Waals surface area contributed by atoms with E-state index in [0.717, 1.165) is 48.2 Å². The molecule has 0 unspecified atom stereocenters. The lowest BCUT2D eigenvalue weighted by atomic mass is 9.95. The van der Waals surface area contributed by atoms with Crippen LogP contribution in [0.4, 0.5) is 5.69 Å². The smallest absolute Gasteiger partial charge is 0.244 e. The molecule has 2 aromatic rings. The van der Waals surface area contributed by atoms with Crippen molar-refractivity contribution in [2.24, 2.45) is 0 Å². The van der Waals surface area contributed by atoms with Crippen LogP contribution in [0.25, 0.3) is 0 Å². The minimum atomic E-state index is -3.82. The van der Waals surface area contributed by atoms with Crippen molar-refractivity contribution in [1.29, 1.82) is 0 Å². The van der Waals surface area contributed by atoms with Crippen LogP contribution in [0.15, 0.2) is 42.5 Å². The molecule has 2 amide bonds. The number of sulfonamides is 1. The van der Waals surface area contributed by atoms with Gasteiger partial charge in [-0.1, -0.05) is 87.5 Å². The van der Waals surface area contributed by atoms with Crippen molar-refractivity contribution in [3.8, 4) is 0 Å². The fourth-order valence-corrected chi connectivity index (χ4v) is 6.29. The van der Waals surface area contributed by atoms with Gasteiger partial charge in [-0.3, -0.25) is 13.9 Å². The average Bonchev–Trinajstić information content (AvgIpc) is 2.89. The summed E-state index contributed by atoms with van der Waals surface area (Å²) >= 11 is 12.4. The van der Waals surface area contributed by atoms with Crippen molar-refractivity contribution in [2.45, 2.75) is 83.8 Å². The van der Waals surface area contributed by atoms with Gasteiger partial charge in [0.25, 0.3) is 0 Å². The summed E-state index contributed by atoms with van der Waals surface area (Å²) in [5, 5.41) is 3.86. The van der Waals surface area contributed by atoms with Crippen molar-refractivity contribution in [2.75, 3.05) is 17.1 Å². The first-order valence-corrected chi connectivity index (χ1v) is 16.1. The number of benzene rings is 2. The zero-order chi connectivity index (χ0) is 28.7. The third kappa shape index (κ3) is 8.35. The molecule has 0 aliphatic heterocycles. The lowest BCUT2D eigenvalue weighted by Crippen LogP contribution is -2.54. The van der Waals surface area contributed by atoms with Gasteiger partial charge >= 0.3 is 0 Å². The maximum atomic E-state index is 14.0. The maximum absolute atomic E-state index is 14.0. The van der Waals surface area contributed by atoms with Gasteiger partial charge in [-0.15, -0.1) is 0 Å². The van der Waals surface area contributed by atoms with Gasteiger partial charge in [0.2, 0.25) is 21.8 Å². The molecule has 1 atom stereocenters. The van der Waals surface area contributed by atoms with E-state index in [4.69, 9.17) is 23.2 Å². The number of anilines is 1. The Hall–Kier alpha value is -2.29. The van der Waals surface area contributed by atoms with E-state index in [2.05, 4.69) is 5.32 Å². The van der Waals surface area contributed by atoms with Crippen molar-refractivity contribution in [3.05, 3.63) is 63.6 Å². The Labute approximate surface area is 242 Å². The highest BCUT2D eigenvalue weighted by Crippen LogP contribution is 2.30. The molecule has 0 saturated heterocycles. The molecule has 0 bridgehead atoms. The first-order chi connectivity index (χ1) is 18.4. The number of nitrogens with zero attached hydrogens (tertiary/aromatic N) is 2. The van der Waals surface area contributed by atoms with Gasteiger partial charge in [0.1, 0.15) is 12.6 Å². The number of carbonyl (C=O) groups is 2. The number of hydrogen-bond donors (Lipinski definition) is 1. The maximum Gasteiger partial charge on any atom is 0.244 e. The summed E-state index contributed by atoms with van der Waals surface area (Å²) in [5.41, 5.74) is 1.96. The van der Waals surface area contributed by atoms with Gasteiger partial charge in [-0.25, -0.2) is 8.42 Å². The lowest BCUT2D eigenvalue weighted by Gasteiger charge is -2.34. The van der Waals surface area contributed by atoms with Gasteiger partial charge in [-0.2, -0.15) is 0 Å². The van der Waals surface area contributed by atoms with E-state index in [9.17, 15) is 18.0 Å². The zero-order valence-corrected chi connectivity index (χ0v) is 25.5. The first kappa shape index (κ1) is 31.2. The molecule has 0 radical (unpaired) electrons. The molecule has 2 aromatic carbocycles. The molecule has 39 heavy (non-hydrogen) atoms. The van der Waals surface area contributed by atoms with Crippen molar-refractivity contribution < 1.29 is 18.0 Å². The molecule has 1 aliphatic rings. The molecule has 214 valence electrons. The lowest BCUT2D eigenvalue weighted by molar-refractivity contribution is -0.140.